The summed E-state index contributed by atoms with van der Waals surface area (Å²) >= 11 is 0. The van der Waals surface area contributed by atoms with Crippen molar-refractivity contribution >= 4 is 0 Å². The van der Waals surface area contributed by atoms with Gasteiger partial charge in [0.05, 0.1) is 0 Å². The standard InChI is InChI=1S/C17H36N2/c1-4-5-6-8-11-17(3)18-14-16(2)15-19-12-9-7-10-13-19/h16-18H,4-15H2,1-3H3. The first-order valence-corrected chi connectivity index (χ1v) is 8.68. The molecule has 0 spiro atoms. The number of hydrogen-bond donors (Lipinski definition) is 1. The first-order chi connectivity index (χ1) is 9.22. The number of rotatable bonds is 10. The van der Waals surface area contributed by atoms with Crippen LogP contribution in [-0.2, 0) is 0 Å². The van der Waals surface area contributed by atoms with Crippen molar-refractivity contribution in [3.05, 3.63) is 0 Å². The van der Waals surface area contributed by atoms with E-state index in [9.17, 15) is 0 Å². The van der Waals surface area contributed by atoms with Crippen LogP contribution in [0.4, 0.5) is 0 Å². The molecule has 0 aromatic heterocycles. The van der Waals surface area contributed by atoms with E-state index < -0.39 is 0 Å². The van der Waals surface area contributed by atoms with Gasteiger partial charge in [0.2, 0.25) is 0 Å². The summed E-state index contributed by atoms with van der Waals surface area (Å²) in [6.07, 6.45) is 11.2. The average Bonchev–Trinajstić information content (AvgIpc) is 2.42. The van der Waals surface area contributed by atoms with Gasteiger partial charge in [-0.2, -0.15) is 0 Å². The molecule has 0 amide bonds. The predicted molar refractivity (Wildman–Crippen MR) is 85.7 cm³/mol. The molecule has 0 bridgehead atoms. The lowest BCUT2D eigenvalue weighted by atomic mass is 10.1. The molecule has 0 saturated carbocycles. The van der Waals surface area contributed by atoms with E-state index >= 15 is 0 Å². The number of hydrogen-bond acceptors (Lipinski definition) is 2. The van der Waals surface area contributed by atoms with Crippen LogP contribution in [-0.4, -0.2) is 37.1 Å². The molecule has 0 aliphatic carbocycles. The quantitative estimate of drug-likeness (QED) is 0.601. The third kappa shape index (κ3) is 8.65. The highest BCUT2D eigenvalue weighted by Gasteiger charge is 2.13. The zero-order chi connectivity index (χ0) is 13.9. The first kappa shape index (κ1) is 17.0. The highest BCUT2D eigenvalue weighted by atomic mass is 15.1. The molecular formula is C17H36N2. The van der Waals surface area contributed by atoms with Gasteiger partial charge in [-0.3, -0.25) is 0 Å². The van der Waals surface area contributed by atoms with Gasteiger partial charge in [-0.25, -0.2) is 0 Å². The Labute approximate surface area is 121 Å². The molecule has 2 nitrogen and oxygen atoms in total. The Hall–Kier alpha value is -0.0800. The predicted octanol–water partition coefficient (Wildman–Crippen LogP) is 4.06. The highest BCUT2D eigenvalue weighted by Crippen LogP contribution is 2.11. The summed E-state index contributed by atoms with van der Waals surface area (Å²) in [5.41, 5.74) is 0. The molecule has 19 heavy (non-hydrogen) atoms. The van der Waals surface area contributed by atoms with E-state index in [2.05, 4.69) is 31.0 Å². The van der Waals surface area contributed by atoms with Gasteiger partial charge >= 0.3 is 0 Å². The second kappa shape index (κ2) is 10.7. The molecule has 2 unspecified atom stereocenters. The van der Waals surface area contributed by atoms with Crippen LogP contribution in [0.1, 0.15) is 72.1 Å². The molecule has 1 fully saturated rings. The van der Waals surface area contributed by atoms with Crippen LogP contribution in [0.3, 0.4) is 0 Å². The number of likely N-dealkylation sites (tertiary alicyclic amines) is 1. The molecule has 114 valence electrons. The maximum atomic E-state index is 3.72. The summed E-state index contributed by atoms with van der Waals surface area (Å²) in [6.45, 7) is 12.2. The van der Waals surface area contributed by atoms with E-state index in [1.807, 2.05) is 0 Å². The highest BCUT2D eigenvalue weighted by molar-refractivity contribution is 4.70. The lowest BCUT2D eigenvalue weighted by Gasteiger charge is -2.29. The van der Waals surface area contributed by atoms with Crippen molar-refractivity contribution in [3.8, 4) is 0 Å². The van der Waals surface area contributed by atoms with Crippen LogP contribution < -0.4 is 5.32 Å². The molecule has 1 heterocycles. The van der Waals surface area contributed by atoms with Crippen molar-refractivity contribution in [1.82, 2.24) is 10.2 Å². The van der Waals surface area contributed by atoms with Crippen molar-refractivity contribution in [2.45, 2.75) is 78.2 Å². The third-order valence-electron chi connectivity index (χ3n) is 4.32. The third-order valence-corrected chi connectivity index (χ3v) is 4.32. The number of nitrogens with zero attached hydrogens (tertiary/aromatic N) is 1. The van der Waals surface area contributed by atoms with Crippen LogP contribution in [0.15, 0.2) is 0 Å². The lowest BCUT2D eigenvalue weighted by Crippen LogP contribution is -2.38. The Kier molecular flexibility index (Phi) is 9.54. The fraction of sp³-hybridized carbons (Fsp3) is 1.00. The van der Waals surface area contributed by atoms with E-state index in [0.717, 1.165) is 5.92 Å². The van der Waals surface area contributed by atoms with Crippen LogP contribution in [0.5, 0.6) is 0 Å². The maximum absolute atomic E-state index is 3.72. The van der Waals surface area contributed by atoms with E-state index in [-0.39, 0.29) is 0 Å². The fourth-order valence-electron chi connectivity index (χ4n) is 3.03. The van der Waals surface area contributed by atoms with Crippen LogP contribution in [0.25, 0.3) is 0 Å². The second-order valence-corrected chi connectivity index (χ2v) is 6.63. The smallest absolute Gasteiger partial charge is 0.00388 e. The van der Waals surface area contributed by atoms with Crippen molar-refractivity contribution in [1.29, 1.82) is 0 Å². The Bertz CT molecular complexity index is 199. The van der Waals surface area contributed by atoms with Gasteiger partial charge in [-0.1, -0.05) is 46.0 Å². The van der Waals surface area contributed by atoms with E-state index in [4.69, 9.17) is 0 Å². The van der Waals surface area contributed by atoms with Crippen molar-refractivity contribution in [2.75, 3.05) is 26.2 Å². The molecule has 0 radical (unpaired) electrons. The molecule has 0 aromatic carbocycles. The molecule has 1 saturated heterocycles. The Morgan fingerprint density at radius 1 is 1.00 bits per heavy atom. The maximum Gasteiger partial charge on any atom is 0.00388 e. The van der Waals surface area contributed by atoms with Gasteiger partial charge in [0.1, 0.15) is 0 Å². The molecule has 2 atom stereocenters. The van der Waals surface area contributed by atoms with E-state index in [1.165, 1.54) is 77.5 Å². The van der Waals surface area contributed by atoms with Crippen molar-refractivity contribution in [2.24, 2.45) is 5.92 Å². The Morgan fingerprint density at radius 3 is 2.42 bits per heavy atom. The minimum atomic E-state index is 0.695. The minimum Gasteiger partial charge on any atom is -0.314 e. The number of nitrogens with one attached hydrogen (secondary N) is 1. The monoisotopic (exact) mass is 268 g/mol. The summed E-state index contributed by atoms with van der Waals surface area (Å²) in [5, 5.41) is 3.72. The largest absolute Gasteiger partial charge is 0.314 e. The van der Waals surface area contributed by atoms with Gasteiger partial charge in [0, 0.05) is 12.6 Å². The summed E-state index contributed by atoms with van der Waals surface area (Å²) < 4.78 is 0. The summed E-state index contributed by atoms with van der Waals surface area (Å²) in [5.74, 6) is 0.788. The number of unbranched alkanes of at least 4 members (excludes halogenated alkanes) is 3. The average molecular weight is 268 g/mol. The van der Waals surface area contributed by atoms with Crippen LogP contribution >= 0.6 is 0 Å². The van der Waals surface area contributed by atoms with Crippen LogP contribution in [0, 0.1) is 5.92 Å². The van der Waals surface area contributed by atoms with Crippen molar-refractivity contribution in [3.63, 3.8) is 0 Å². The topological polar surface area (TPSA) is 15.3 Å². The van der Waals surface area contributed by atoms with Gasteiger partial charge in [0.25, 0.3) is 0 Å². The van der Waals surface area contributed by atoms with Gasteiger partial charge in [-0.05, 0) is 51.7 Å². The zero-order valence-corrected chi connectivity index (χ0v) is 13.6. The number of piperidine rings is 1. The van der Waals surface area contributed by atoms with Crippen molar-refractivity contribution < 1.29 is 0 Å². The molecule has 2 heteroatoms. The summed E-state index contributed by atoms with van der Waals surface area (Å²) in [7, 11) is 0. The van der Waals surface area contributed by atoms with Gasteiger partial charge < -0.3 is 10.2 Å². The second-order valence-electron chi connectivity index (χ2n) is 6.63. The molecule has 1 aliphatic rings. The van der Waals surface area contributed by atoms with E-state index in [0.29, 0.717) is 6.04 Å². The SMILES string of the molecule is CCCCCCC(C)NCC(C)CN1CCCCC1. The summed E-state index contributed by atoms with van der Waals surface area (Å²) in [4.78, 5) is 2.65. The normalized spacial score (nSPS) is 20.4. The van der Waals surface area contributed by atoms with Gasteiger partial charge in [0.15, 0.2) is 0 Å². The molecule has 1 rings (SSSR count). The Morgan fingerprint density at radius 2 is 1.74 bits per heavy atom. The first-order valence-electron chi connectivity index (χ1n) is 8.68. The molecule has 0 aromatic rings. The minimum absolute atomic E-state index is 0.695. The van der Waals surface area contributed by atoms with Crippen LogP contribution in [0.2, 0.25) is 0 Å². The van der Waals surface area contributed by atoms with Gasteiger partial charge in [-0.15, -0.1) is 0 Å². The lowest BCUT2D eigenvalue weighted by molar-refractivity contribution is 0.197. The molecule has 1 aliphatic heterocycles. The molecule has 1 N–H and O–H groups in total. The summed E-state index contributed by atoms with van der Waals surface area (Å²) in [6, 6.07) is 0.695. The van der Waals surface area contributed by atoms with E-state index in [1.54, 1.807) is 0 Å². The zero-order valence-electron chi connectivity index (χ0n) is 13.6. The Balaban J connectivity index is 2.00. The molecular weight excluding hydrogens is 232 g/mol. The fourth-order valence-corrected chi connectivity index (χ4v) is 3.03.